The average Bonchev–Trinajstić information content (AvgIpc) is 3.51. The first kappa shape index (κ1) is 80.0. The Balaban J connectivity index is 0.00000420. The Morgan fingerprint density at radius 2 is 0.547 bits per heavy atom. The standard InChI is InChI=1S/C48H36N8O18S6.6Na/c1-27-19-31(15-17-41(27)55-53-35-21-39-37(47(25-35)79(69,70)71)5-3-7-43(39)75(57,58)59)49-51-33-13-11-29(45(23-33)77(63,64)65)9-10-30-12-14-34(24-46(30)78(66,67)68)52-50-32-16-18-42(28(2)20-32)56-54-36-22-40-38(48(26-36)80(72,73)74)6-4-8-44(40)76(60,61)62;;;;;;/h3-26H,1-2H3,(H,57,58,59)(H,60,61,62)(H,63,64,65)(H,66,67,68)(H,69,70,71)(H,72,73,74);;;;;;/q;6*+1/p-6/b10-9+,51-49?,52-50?,55-53?,56-54?;;;;;;. The van der Waals surface area contributed by atoms with Gasteiger partial charge in [-0.3, -0.25) is 0 Å². The van der Waals surface area contributed by atoms with E-state index in [1.54, 1.807) is 13.8 Å². The van der Waals surface area contributed by atoms with Crippen molar-refractivity contribution in [1.29, 1.82) is 0 Å². The minimum atomic E-state index is -5.24. The van der Waals surface area contributed by atoms with Gasteiger partial charge < -0.3 is 27.3 Å². The number of azo groups is 4. The van der Waals surface area contributed by atoms with Crippen LogP contribution in [0.25, 0.3) is 33.7 Å². The van der Waals surface area contributed by atoms with E-state index >= 15 is 0 Å². The van der Waals surface area contributed by atoms with Crippen molar-refractivity contribution in [2.75, 3.05) is 0 Å². The molecule has 0 spiro atoms. The first-order chi connectivity index (χ1) is 37.2. The Bertz CT molecular complexity index is 4530. The summed E-state index contributed by atoms with van der Waals surface area (Å²) in [5.41, 5.74) is 0.220. The summed E-state index contributed by atoms with van der Waals surface area (Å²) in [5, 5.41) is 30.7. The molecule has 38 heteroatoms. The predicted octanol–water partition coefficient (Wildman–Crippen LogP) is -8.11. The van der Waals surface area contributed by atoms with Crippen LogP contribution in [0.15, 0.2) is 204 Å². The van der Waals surface area contributed by atoms with Crippen molar-refractivity contribution in [1.82, 2.24) is 0 Å². The van der Waals surface area contributed by atoms with Crippen LogP contribution < -0.4 is 177 Å². The molecule has 0 saturated carbocycles. The molecule has 8 rings (SSSR count). The number of aryl methyl sites for hydroxylation is 2. The summed E-state index contributed by atoms with van der Waals surface area (Å²) in [7, 11) is -31.1. The Kier molecular flexibility index (Phi) is 29.7. The number of fused-ring (bicyclic) bond motifs is 2. The second-order valence-corrected chi connectivity index (χ2v) is 24.9. The molecule has 0 fully saturated rings. The number of nitrogens with zero attached hydrogens (tertiary/aromatic N) is 8. The third-order valence-electron chi connectivity index (χ3n) is 11.3. The molecule has 0 saturated heterocycles. The van der Waals surface area contributed by atoms with Crippen molar-refractivity contribution in [3.8, 4) is 0 Å². The molecule has 0 aromatic heterocycles. The molecule has 0 bridgehead atoms. The number of rotatable bonds is 16. The summed E-state index contributed by atoms with van der Waals surface area (Å²) in [5.74, 6) is 0. The van der Waals surface area contributed by atoms with E-state index in [1.807, 2.05) is 0 Å². The van der Waals surface area contributed by atoms with Crippen LogP contribution in [-0.4, -0.2) is 77.8 Å². The van der Waals surface area contributed by atoms with Gasteiger partial charge in [-0.25, -0.2) is 50.5 Å². The largest absolute Gasteiger partial charge is 1.00 e. The first-order valence-electron chi connectivity index (χ1n) is 22.0. The van der Waals surface area contributed by atoms with E-state index in [1.165, 1.54) is 60.7 Å². The van der Waals surface area contributed by atoms with E-state index < -0.39 is 90.1 Å². The van der Waals surface area contributed by atoms with Gasteiger partial charge >= 0.3 is 177 Å². The van der Waals surface area contributed by atoms with Crippen LogP contribution in [0.3, 0.4) is 0 Å². The van der Waals surface area contributed by atoms with Crippen molar-refractivity contribution in [3.63, 3.8) is 0 Å². The SMILES string of the molecule is Cc1cc(N=Nc2ccc(/C=C/c3ccc(N=Nc4ccc(N=Nc5cc(S(=O)(=O)[O-])c6cccc(S(=O)(=O)[O-])c6c5)c(C)c4)cc3S(=O)(=O)[O-])c(S(=O)(=O)[O-])c2)ccc1N=Nc1cc(S(=O)(=O)[O-])c2cccc(S(=O)(=O)[O-])c2c1.[Na+].[Na+].[Na+].[Na+].[Na+].[Na+]. The molecule has 0 amide bonds. The van der Waals surface area contributed by atoms with E-state index in [0.29, 0.717) is 11.1 Å². The summed E-state index contributed by atoms with van der Waals surface area (Å²) in [6.07, 6.45) is 2.13. The van der Waals surface area contributed by atoms with E-state index in [0.717, 1.165) is 84.9 Å². The minimum absolute atomic E-state index is 0. The van der Waals surface area contributed by atoms with Crippen LogP contribution in [-0.2, 0) is 60.7 Å². The van der Waals surface area contributed by atoms with E-state index in [2.05, 4.69) is 40.9 Å². The van der Waals surface area contributed by atoms with Crippen molar-refractivity contribution in [2.45, 2.75) is 43.2 Å². The predicted molar refractivity (Wildman–Crippen MR) is 277 cm³/mol. The molecular formula is C48H30N8Na6O18S6. The zero-order valence-electron chi connectivity index (χ0n) is 46.2. The van der Waals surface area contributed by atoms with Crippen molar-refractivity contribution in [3.05, 3.63) is 156 Å². The Morgan fingerprint density at radius 3 is 0.837 bits per heavy atom. The van der Waals surface area contributed by atoms with Gasteiger partial charge in [0, 0.05) is 21.5 Å². The van der Waals surface area contributed by atoms with Gasteiger partial charge in [0.2, 0.25) is 0 Å². The molecule has 0 N–H and O–H groups in total. The van der Waals surface area contributed by atoms with Crippen molar-refractivity contribution >= 4 is 140 Å². The summed E-state index contributed by atoms with van der Waals surface area (Å²) >= 11 is 0. The molecule has 8 aromatic carbocycles. The van der Waals surface area contributed by atoms with Gasteiger partial charge in [-0.15, -0.1) is 0 Å². The van der Waals surface area contributed by atoms with Gasteiger partial charge in [-0.1, -0.05) is 48.6 Å². The third kappa shape index (κ3) is 20.2. The van der Waals surface area contributed by atoms with Crippen LogP contribution in [0.1, 0.15) is 22.3 Å². The fourth-order valence-electron chi connectivity index (χ4n) is 7.72. The van der Waals surface area contributed by atoms with Gasteiger partial charge in [0.25, 0.3) is 0 Å². The molecule has 0 aliphatic heterocycles. The van der Waals surface area contributed by atoms with Gasteiger partial charge in [0.05, 0.1) is 74.9 Å². The third-order valence-corrected chi connectivity index (χ3v) is 16.7. The molecule has 0 aliphatic rings. The molecule has 0 heterocycles. The van der Waals surface area contributed by atoms with Gasteiger partial charge in [-0.2, -0.15) is 40.9 Å². The molecule has 8 aromatic rings. The molecular weight excluding hydrogens is 1310 g/mol. The molecule has 0 unspecified atom stereocenters. The maximum atomic E-state index is 12.4. The van der Waals surface area contributed by atoms with Crippen LogP contribution >= 0.6 is 0 Å². The van der Waals surface area contributed by atoms with Gasteiger partial charge in [0.1, 0.15) is 60.7 Å². The number of hydrogen-bond acceptors (Lipinski definition) is 26. The van der Waals surface area contributed by atoms with Crippen LogP contribution in [0.5, 0.6) is 0 Å². The zero-order chi connectivity index (χ0) is 58.3. The maximum Gasteiger partial charge on any atom is 1.00 e. The molecule has 0 atom stereocenters. The second kappa shape index (κ2) is 31.9. The summed E-state index contributed by atoms with van der Waals surface area (Å²) < 4.78 is 218. The Morgan fingerprint density at radius 1 is 0.279 bits per heavy atom. The summed E-state index contributed by atoms with van der Waals surface area (Å²) in [6, 6.07) is 25.4. The van der Waals surface area contributed by atoms with Gasteiger partial charge in [0.15, 0.2) is 0 Å². The number of hydrogen-bond donors (Lipinski definition) is 0. The second-order valence-electron chi connectivity index (χ2n) is 16.8. The summed E-state index contributed by atoms with van der Waals surface area (Å²) in [6.45, 7) is 3.13. The van der Waals surface area contributed by atoms with Crippen LogP contribution in [0, 0.1) is 13.8 Å². The minimum Gasteiger partial charge on any atom is -0.744 e. The molecule has 412 valence electrons. The van der Waals surface area contributed by atoms with Crippen LogP contribution in [0.2, 0.25) is 0 Å². The molecule has 0 radical (unpaired) electrons. The topological polar surface area (TPSA) is 442 Å². The molecule has 0 aliphatic carbocycles. The van der Waals surface area contributed by atoms with E-state index in [9.17, 15) is 77.8 Å². The van der Waals surface area contributed by atoms with E-state index in [-0.39, 0.29) is 256 Å². The normalized spacial score (nSPS) is 12.4. The van der Waals surface area contributed by atoms with E-state index in [4.69, 9.17) is 0 Å². The van der Waals surface area contributed by atoms with Crippen molar-refractivity contribution < 1.29 is 255 Å². The molecule has 26 nitrogen and oxygen atoms in total. The quantitative estimate of drug-likeness (QED) is 0.0375. The van der Waals surface area contributed by atoms with Crippen molar-refractivity contribution in [2.24, 2.45) is 40.9 Å². The first-order valence-corrected chi connectivity index (χ1v) is 30.4. The maximum absolute atomic E-state index is 12.4. The average molecular weight is 1340 g/mol. The smallest absolute Gasteiger partial charge is 0.744 e. The summed E-state index contributed by atoms with van der Waals surface area (Å²) in [4.78, 5) is -4.86. The van der Waals surface area contributed by atoms with Crippen LogP contribution in [0.4, 0.5) is 45.5 Å². The zero-order valence-corrected chi connectivity index (χ0v) is 63.1. The van der Waals surface area contributed by atoms with Gasteiger partial charge in [-0.05, 0) is 133 Å². The fraction of sp³-hybridized carbons (Fsp3) is 0.0417. The molecule has 86 heavy (non-hydrogen) atoms. The monoisotopic (exact) mass is 1340 g/mol. The fourth-order valence-corrected chi connectivity index (χ4v) is 11.9. The number of benzene rings is 8. The Labute approximate surface area is 625 Å². The Hall–Kier alpha value is -2.12.